The lowest BCUT2D eigenvalue weighted by Gasteiger charge is -2.34. The number of carboxylic acids is 1. The van der Waals surface area contributed by atoms with Crippen molar-refractivity contribution in [2.24, 2.45) is 17.6 Å². The number of carbonyl (C=O) groups excluding carboxylic acids is 14. The monoisotopic (exact) mass is 1780 g/mol. The lowest BCUT2D eigenvalue weighted by molar-refractivity contribution is -0.147. The SMILES string of the molecule is CCCC[C@H]1C(=O)N(C)CC(=O)N[C@@H](CC(=O)O)C(=O)N[C@@H](C(C)C)C(=O)N(C)[C@@H](Cc2ccccc2)C(=O)N[C@@H](Cc2ccc(O)cc2)C(=O)N(C)CC(=O)N[C@@H](Cc2c[nH]c3ccccc23)C(O)N[C@@H](Cc2ccc(O)cc2)C(=O)N[C@@H](CC(C)C)C(=O)N[C@H](C(=O)NCC(N)=O)CSCC(=O)N[C@@H](Cc2ccccc2)C(=O)N[C@@H](Cc2ccccc2)C(=O)N1C. The van der Waals surface area contributed by atoms with Crippen molar-refractivity contribution in [3.05, 3.63) is 203 Å². The lowest BCUT2D eigenvalue weighted by Crippen LogP contribution is -2.61. The van der Waals surface area contributed by atoms with Gasteiger partial charge in [0.15, 0.2) is 0 Å². The van der Waals surface area contributed by atoms with Gasteiger partial charge in [-0.2, -0.15) is 0 Å². The predicted octanol–water partition coefficient (Wildman–Crippen LogP) is 1.78. The molecule has 17 N–H and O–H groups in total. The largest absolute Gasteiger partial charge is 0.508 e. The number of carboxylic acid groups (broad SMARTS) is 1. The summed E-state index contributed by atoms with van der Waals surface area (Å²) in [5, 5.41) is 71.5. The number of H-pyrrole nitrogens is 1. The van der Waals surface area contributed by atoms with Gasteiger partial charge >= 0.3 is 5.97 Å². The van der Waals surface area contributed by atoms with Crippen LogP contribution in [0.3, 0.4) is 0 Å². The van der Waals surface area contributed by atoms with Crippen molar-refractivity contribution in [2.75, 3.05) is 59.3 Å². The van der Waals surface area contributed by atoms with Gasteiger partial charge in [0.1, 0.15) is 72.1 Å². The van der Waals surface area contributed by atoms with Crippen molar-refractivity contribution < 1.29 is 92.3 Å². The normalized spacial score (nSPS) is 22.5. The topological polar surface area (TPSA) is 512 Å². The molecule has 128 heavy (non-hydrogen) atoms. The van der Waals surface area contributed by atoms with E-state index in [2.05, 4.69) is 58.2 Å². The van der Waals surface area contributed by atoms with Crippen molar-refractivity contribution in [2.45, 2.75) is 178 Å². The number of aliphatic hydroxyl groups excluding tert-OH is 1. The van der Waals surface area contributed by atoms with Crippen LogP contribution in [0.5, 0.6) is 11.5 Å². The van der Waals surface area contributed by atoms with Gasteiger partial charge in [0.2, 0.25) is 82.7 Å². The summed E-state index contributed by atoms with van der Waals surface area (Å²) >= 11 is 0.831. The maximum atomic E-state index is 15.4. The number of phenolic OH excluding ortho intramolecular Hbond substituents is 2. The van der Waals surface area contributed by atoms with Crippen LogP contribution in [-0.4, -0.2) is 266 Å². The Balaban J connectivity index is 1.20. The van der Waals surface area contributed by atoms with Gasteiger partial charge in [-0.25, -0.2) is 0 Å². The number of hydrogen-bond acceptors (Lipinski definition) is 20. The van der Waals surface area contributed by atoms with Crippen molar-refractivity contribution >= 4 is 111 Å². The highest BCUT2D eigenvalue weighted by Gasteiger charge is 2.41. The number of aliphatic hydroxyl groups is 1. The number of aliphatic carboxylic acids is 1. The number of amides is 14. The van der Waals surface area contributed by atoms with Crippen LogP contribution in [0.1, 0.15) is 100 Å². The number of carbonyl (C=O) groups is 15. The van der Waals surface area contributed by atoms with Crippen molar-refractivity contribution in [1.82, 2.24) is 77.8 Å². The first-order chi connectivity index (χ1) is 60.9. The molecule has 1 saturated heterocycles. The molecule has 0 aliphatic carbocycles. The molecule has 35 nitrogen and oxygen atoms in total. The van der Waals surface area contributed by atoms with Crippen LogP contribution in [0.25, 0.3) is 10.9 Å². The number of nitrogens with zero attached hydrogens (tertiary/aromatic N) is 4. The third kappa shape index (κ3) is 30.8. The van der Waals surface area contributed by atoms with Crippen molar-refractivity contribution in [3.63, 3.8) is 0 Å². The van der Waals surface area contributed by atoms with Crippen LogP contribution in [0, 0.1) is 11.8 Å². The van der Waals surface area contributed by atoms with Crippen molar-refractivity contribution in [3.8, 4) is 11.5 Å². The van der Waals surface area contributed by atoms with Crippen LogP contribution in [-0.2, 0) is 110 Å². The summed E-state index contributed by atoms with van der Waals surface area (Å²) in [4.78, 5) is 226. The van der Waals surface area contributed by atoms with Crippen LogP contribution in [0.15, 0.2) is 170 Å². The van der Waals surface area contributed by atoms with Gasteiger partial charge in [0.05, 0.1) is 43.9 Å². The first-order valence-electron chi connectivity index (χ1n) is 42.4. The molecule has 0 spiro atoms. The molecule has 1 fully saturated rings. The number of primary amides is 1. The fourth-order valence-electron chi connectivity index (χ4n) is 14.8. The molecule has 36 heteroatoms. The Morgan fingerprint density at radius 2 is 0.961 bits per heavy atom. The maximum Gasteiger partial charge on any atom is 0.305 e. The second-order valence-electron chi connectivity index (χ2n) is 32.8. The van der Waals surface area contributed by atoms with Crippen LogP contribution >= 0.6 is 11.8 Å². The Morgan fingerprint density at radius 1 is 0.492 bits per heavy atom. The number of para-hydroxylation sites is 1. The lowest BCUT2D eigenvalue weighted by atomic mass is 9.98. The highest BCUT2D eigenvalue weighted by molar-refractivity contribution is 8.00. The third-order valence-corrected chi connectivity index (χ3v) is 22.8. The van der Waals surface area contributed by atoms with E-state index in [9.17, 15) is 63.6 Å². The van der Waals surface area contributed by atoms with Gasteiger partial charge in [0, 0.05) is 76.7 Å². The van der Waals surface area contributed by atoms with E-state index in [4.69, 9.17) is 5.73 Å². The molecule has 2 heterocycles. The fourth-order valence-corrected chi connectivity index (χ4v) is 15.6. The zero-order valence-electron chi connectivity index (χ0n) is 73.2. The Kier molecular flexibility index (Phi) is 38.4. The second-order valence-corrected chi connectivity index (χ2v) is 33.8. The Bertz CT molecular complexity index is 4970. The van der Waals surface area contributed by atoms with Crippen molar-refractivity contribution in [1.29, 1.82) is 0 Å². The zero-order valence-corrected chi connectivity index (χ0v) is 74.1. The molecule has 7 aromatic rings. The summed E-state index contributed by atoms with van der Waals surface area (Å²) < 4.78 is 0. The zero-order chi connectivity index (χ0) is 93.4. The summed E-state index contributed by atoms with van der Waals surface area (Å²) in [5.74, 6) is -16.4. The molecule has 1 aliphatic rings. The first kappa shape index (κ1) is 100. The molecule has 686 valence electrons. The molecule has 1 aromatic heterocycles. The number of likely N-dealkylation sites (N-methyl/N-ethyl adjacent to an activating group) is 4. The van der Waals surface area contributed by atoms with E-state index in [1.165, 1.54) is 76.7 Å². The number of benzene rings is 6. The number of fused-ring (bicyclic) bond motifs is 1. The summed E-state index contributed by atoms with van der Waals surface area (Å²) in [5.41, 5.74) is 9.23. The molecule has 1 aliphatic heterocycles. The number of nitrogens with one attached hydrogen (secondary N) is 11. The molecule has 14 amide bonds. The highest BCUT2D eigenvalue weighted by atomic mass is 32.2. The number of aromatic hydroxyl groups is 2. The van der Waals surface area contributed by atoms with E-state index in [1.807, 2.05) is 6.92 Å². The highest BCUT2D eigenvalue weighted by Crippen LogP contribution is 2.24. The Morgan fingerprint density at radius 3 is 1.52 bits per heavy atom. The third-order valence-electron chi connectivity index (χ3n) is 21.8. The standard InChI is InChI=1S/C92H118N16O19S/c1-10-11-31-74-91(126)106(7)51-78(113)97-70(47-80(115)116)87(122)104-81(55(4)5)92(127)108(9)75(45-58-27-19-14-20-28-58)88(123)102-71(44-60-34-38-63(110)39-35-60)89(124)105(6)50-77(112)96-69(46-61-48-94-65-30-22-21-29-64(61)65)86(121)100-68(42-59-32-36-62(109)37-33-59)85(120)99-66(40-54(2)3)83(118)103-73(82(117)95-49-76(93)111)52-128-53-79(114)98-67(41-56-23-15-12-16-24-56)84(119)101-72(90(125)107(74)8)43-57-25-17-13-18-26-57/h12-30,32-39,48,54-55,66-75,81,86,94,100,109-110,121H,10-11,31,40-47,49-53H2,1-9H3,(H2,93,111)(H,95,117)(H,96,112)(H,97,113)(H,98,114)(H,99,120)(H,101,119)(H,102,123)(H,103,118)(H,104,122)(H,115,116)/t66-,67-,68-,69-,70-,71-,72-,73-,74-,75-,81-,86?/m0/s1. The molecule has 8 rings (SSSR count). The van der Waals surface area contributed by atoms with Gasteiger partial charge in [-0.3, -0.25) is 77.2 Å². The first-order valence-corrected chi connectivity index (χ1v) is 43.6. The van der Waals surface area contributed by atoms with Gasteiger partial charge in [-0.05, 0) is 101 Å². The summed E-state index contributed by atoms with van der Waals surface area (Å²) in [6.45, 7) is 6.25. The van der Waals surface area contributed by atoms with E-state index >= 15 is 28.8 Å². The molecule has 12 atom stereocenters. The number of aromatic amines is 1. The number of nitrogens with two attached hydrogens (primary N) is 1. The van der Waals surface area contributed by atoms with Crippen LogP contribution in [0.2, 0.25) is 0 Å². The second kappa shape index (κ2) is 49.0. The average Bonchev–Trinajstić information content (AvgIpc) is 1.23. The van der Waals surface area contributed by atoms with Gasteiger partial charge in [-0.15, -0.1) is 11.8 Å². The van der Waals surface area contributed by atoms with Crippen LogP contribution < -0.4 is 58.9 Å². The van der Waals surface area contributed by atoms with E-state index in [-0.39, 0.29) is 74.5 Å². The molecular formula is C92H118N16O19S. The minimum absolute atomic E-state index is 0.0288. The molecular weight excluding hydrogens is 1670 g/mol. The van der Waals surface area contributed by atoms with E-state index in [1.54, 1.807) is 149 Å². The number of thioether (sulfide) groups is 1. The average molecular weight is 1780 g/mol. The number of rotatable bonds is 23. The quantitative estimate of drug-likeness (QED) is 0.0434. The number of unbranched alkanes of at least 4 members (excludes halogenated alkanes) is 1. The number of aromatic nitrogens is 1. The minimum Gasteiger partial charge on any atom is -0.508 e. The molecule has 6 aromatic carbocycles. The van der Waals surface area contributed by atoms with E-state index in [0.717, 1.165) is 31.4 Å². The summed E-state index contributed by atoms with van der Waals surface area (Å²) in [7, 11) is 5.17. The smallest absolute Gasteiger partial charge is 0.305 e. The van der Waals surface area contributed by atoms with Gasteiger partial charge < -0.3 is 98.6 Å². The van der Waals surface area contributed by atoms with E-state index in [0.29, 0.717) is 57.1 Å². The predicted molar refractivity (Wildman–Crippen MR) is 478 cm³/mol. The fraction of sp³-hybridized carbons (Fsp3) is 0.424. The Hall–Kier alpha value is -13.2. The molecule has 1 unspecified atom stereocenters. The Labute approximate surface area is 747 Å². The van der Waals surface area contributed by atoms with Crippen LogP contribution in [0.4, 0.5) is 0 Å². The molecule has 0 radical (unpaired) electrons. The maximum absolute atomic E-state index is 15.4. The molecule has 0 bridgehead atoms. The summed E-state index contributed by atoms with van der Waals surface area (Å²) in [6.07, 6.45) is -1.56. The molecule has 0 saturated carbocycles. The minimum atomic E-state index is -1.90. The number of phenols is 2. The van der Waals surface area contributed by atoms with Gasteiger partial charge in [0.25, 0.3) is 0 Å². The number of hydrogen-bond donors (Lipinski definition) is 16. The van der Waals surface area contributed by atoms with E-state index < -0.39 is 199 Å². The van der Waals surface area contributed by atoms with Gasteiger partial charge in [-0.1, -0.05) is 181 Å². The summed E-state index contributed by atoms with van der Waals surface area (Å²) in [6, 6.07) is 27.7.